The zero-order valence-corrected chi connectivity index (χ0v) is 16.5. The van der Waals surface area contributed by atoms with E-state index in [1.807, 2.05) is 49.4 Å². The summed E-state index contributed by atoms with van der Waals surface area (Å²) < 4.78 is 28.6. The van der Waals surface area contributed by atoms with Crippen molar-refractivity contribution in [3.63, 3.8) is 0 Å². The van der Waals surface area contributed by atoms with E-state index in [-0.39, 0.29) is 17.2 Å². The molecule has 0 bridgehead atoms. The van der Waals surface area contributed by atoms with Crippen LogP contribution in [0.5, 0.6) is 0 Å². The number of amides is 1. The summed E-state index contributed by atoms with van der Waals surface area (Å²) in [5, 5.41) is 2.71. The van der Waals surface area contributed by atoms with E-state index in [0.29, 0.717) is 17.7 Å². The van der Waals surface area contributed by atoms with Gasteiger partial charge in [-0.05, 0) is 50.8 Å². The second-order valence-corrected chi connectivity index (χ2v) is 8.14. The van der Waals surface area contributed by atoms with Gasteiger partial charge in [0.25, 0.3) is 0 Å². The van der Waals surface area contributed by atoms with Gasteiger partial charge in [-0.2, -0.15) is 4.72 Å². The van der Waals surface area contributed by atoms with Crippen molar-refractivity contribution in [1.29, 1.82) is 0 Å². The molecule has 140 valence electrons. The minimum Gasteiger partial charge on any atom is -0.355 e. The van der Waals surface area contributed by atoms with E-state index in [2.05, 4.69) is 10.0 Å². The molecule has 0 spiro atoms. The molecule has 2 N–H and O–H groups in total. The molecule has 2 rings (SSSR count). The van der Waals surface area contributed by atoms with Crippen LogP contribution in [0, 0.1) is 20.8 Å². The standard InChI is InChI=1S/C20H26N2O3S/c1-5-21-20(23)18(13-17-9-7-6-8-10-17)22-26(24,25)19-15(3)11-14(2)12-16(19)4/h6-12,18,22H,5,13H2,1-4H3,(H,21,23)/t18-/m1/s1. The first-order valence-corrected chi connectivity index (χ1v) is 10.1. The van der Waals surface area contributed by atoms with E-state index < -0.39 is 16.1 Å². The Labute approximate surface area is 155 Å². The van der Waals surface area contributed by atoms with Gasteiger partial charge in [0.1, 0.15) is 6.04 Å². The normalized spacial score (nSPS) is 12.6. The van der Waals surface area contributed by atoms with Crippen molar-refractivity contribution in [3.8, 4) is 0 Å². The third-order valence-corrected chi connectivity index (χ3v) is 5.90. The first-order valence-electron chi connectivity index (χ1n) is 8.66. The maximum Gasteiger partial charge on any atom is 0.241 e. The monoisotopic (exact) mass is 374 g/mol. The van der Waals surface area contributed by atoms with E-state index in [0.717, 1.165) is 11.1 Å². The number of carbonyl (C=O) groups is 1. The Bertz CT molecular complexity index is 854. The third-order valence-electron chi connectivity index (χ3n) is 4.12. The number of likely N-dealkylation sites (N-methyl/N-ethyl adjacent to an activating group) is 1. The maximum absolute atomic E-state index is 13.0. The molecular formula is C20H26N2O3S. The fourth-order valence-corrected chi connectivity index (χ4v) is 4.82. The topological polar surface area (TPSA) is 75.3 Å². The molecule has 0 aliphatic rings. The highest BCUT2D eigenvalue weighted by molar-refractivity contribution is 7.89. The van der Waals surface area contributed by atoms with Gasteiger partial charge < -0.3 is 5.32 Å². The van der Waals surface area contributed by atoms with Gasteiger partial charge in [-0.1, -0.05) is 48.0 Å². The van der Waals surface area contributed by atoms with Crippen LogP contribution >= 0.6 is 0 Å². The Morgan fingerprint density at radius 1 is 1.04 bits per heavy atom. The van der Waals surface area contributed by atoms with E-state index >= 15 is 0 Å². The van der Waals surface area contributed by atoms with E-state index in [4.69, 9.17) is 0 Å². The van der Waals surface area contributed by atoms with Crippen LogP contribution in [0.25, 0.3) is 0 Å². The van der Waals surface area contributed by atoms with Crippen molar-refractivity contribution < 1.29 is 13.2 Å². The summed E-state index contributed by atoms with van der Waals surface area (Å²) in [5.41, 5.74) is 3.24. The number of nitrogens with one attached hydrogen (secondary N) is 2. The largest absolute Gasteiger partial charge is 0.355 e. The van der Waals surface area contributed by atoms with E-state index in [9.17, 15) is 13.2 Å². The highest BCUT2D eigenvalue weighted by Crippen LogP contribution is 2.22. The summed E-state index contributed by atoms with van der Waals surface area (Å²) in [6.45, 7) is 7.71. The van der Waals surface area contributed by atoms with Crippen LogP contribution < -0.4 is 10.0 Å². The molecule has 6 heteroatoms. The van der Waals surface area contributed by atoms with Gasteiger partial charge in [0.2, 0.25) is 15.9 Å². The minimum absolute atomic E-state index is 0.241. The number of carbonyl (C=O) groups excluding carboxylic acids is 1. The molecule has 1 amide bonds. The fourth-order valence-electron chi connectivity index (χ4n) is 3.17. The molecule has 0 heterocycles. The Hall–Kier alpha value is -2.18. The quantitative estimate of drug-likeness (QED) is 0.782. The maximum atomic E-state index is 13.0. The summed E-state index contributed by atoms with van der Waals surface area (Å²) in [4.78, 5) is 12.7. The number of rotatable bonds is 7. The second-order valence-electron chi connectivity index (χ2n) is 6.49. The van der Waals surface area contributed by atoms with Crippen molar-refractivity contribution in [3.05, 3.63) is 64.7 Å². The molecule has 0 unspecified atom stereocenters. The van der Waals surface area contributed by atoms with Gasteiger partial charge in [-0.15, -0.1) is 0 Å². The summed E-state index contributed by atoms with van der Waals surface area (Å²) >= 11 is 0. The lowest BCUT2D eigenvalue weighted by Gasteiger charge is -2.20. The molecular weight excluding hydrogens is 348 g/mol. The smallest absolute Gasteiger partial charge is 0.241 e. The van der Waals surface area contributed by atoms with Gasteiger partial charge in [0.05, 0.1) is 4.90 Å². The van der Waals surface area contributed by atoms with Crippen LogP contribution in [0.3, 0.4) is 0 Å². The predicted octanol–water partition coefficient (Wildman–Crippen LogP) is 2.64. The molecule has 2 aromatic carbocycles. The van der Waals surface area contributed by atoms with Crippen LogP contribution in [0.4, 0.5) is 0 Å². The minimum atomic E-state index is -3.83. The summed E-state index contributed by atoms with van der Waals surface area (Å²) in [6.07, 6.45) is 0.288. The Morgan fingerprint density at radius 3 is 2.15 bits per heavy atom. The molecule has 2 aromatic rings. The molecule has 1 atom stereocenters. The number of sulfonamides is 1. The summed E-state index contributed by atoms with van der Waals surface area (Å²) in [5.74, 6) is -0.331. The lowest BCUT2D eigenvalue weighted by molar-refractivity contribution is -0.122. The lowest BCUT2D eigenvalue weighted by Crippen LogP contribution is -2.48. The SMILES string of the molecule is CCNC(=O)[C@@H](Cc1ccccc1)NS(=O)(=O)c1c(C)cc(C)cc1C. The van der Waals surface area contributed by atoms with Crippen LogP contribution in [-0.2, 0) is 21.2 Å². The number of hydrogen-bond donors (Lipinski definition) is 2. The van der Waals surface area contributed by atoms with Crippen molar-refractivity contribution in [2.75, 3.05) is 6.54 Å². The van der Waals surface area contributed by atoms with Gasteiger partial charge in [-0.25, -0.2) is 8.42 Å². The Kier molecular flexibility index (Phi) is 6.56. The molecule has 26 heavy (non-hydrogen) atoms. The first kappa shape index (κ1) is 20.1. The van der Waals surface area contributed by atoms with Crippen LogP contribution in [0.15, 0.2) is 47.4 Å². The van der Waals surface area contributed by atoms with Gasteiger partial charge in [0.15, 0.2) is 0 Å². The first-order chi connectivity index (χ1) is 12.2. The fraction of sp³-hybridized carbons (Fsp3) is 0.350. The average molecular weight is 375 g/mol. The number of aryl methyl sites for hydroxylation is 3. The number of benzene rings is 2. The summed E-state index contributed by atoms with van der Waals surface area (Å²) in [6, 6.07) is 12.2. The average Bonchev–Trinajstić information content (AvgIpc) is 2.54. The van der Waals surface area contributed by atoms with Crippen molar-refractivity contribution in [2.45, 2.75) is 45.1 Å². The Morgan fingerprint density at radius 2 is 1.62 bits per heavy atom. The molecule has 5 nitrogen and oxygen atoms in total. The van der Waals surface area contributed by atoms with Crippen molar-refractivity contribution >= 4 is 15.9 Å². The van der Waals surface area contributed by atoms with E-state index in [1.54, 1.807) is 20.8 Å². The van der Waals surface area contributed by atoms with Gasteiger partial charge in [-0.3, -0.25) is 4.79 Å². The summed E-state index contributed by atoms with van der Waals surface area (Å²) in [7, 11) is -3.83. The second kappa shape index (κ2) is 8.47. The molecule has 0 aliphatic carbocycles. The highest BCUT2D eigenvalue weighted by atomic mass is 32.2. The van der Waals surface area contributed by atoms with Crippen LogP contribution in [-0.4, -0.2) is 26.9 Å². The number of hydrogen-bond acceptors (Lipinski definition) is 3. The third kappa shape index (κ3) is 4.93. The molecule has 0 aromatic heterocycles. The molecule has 0 fully saturated rings. The van der Waals surface area contributed by atoms with E-state index in [1.165, 1.54) is 0 Å². The zero-order chi connectivity index (χ0) is 19.3. The molecule has 0 radical (unpaired) electrons. The molecule has 0 saturated carbocycles. The predicted molar refractivity (Wildman–Crippen MR) is 104 cm³/mol. The molecule has 0 saturated heterocycles. The zero-order valence-electron chi connectivity index (χ0n) is 15.7. The Balaban J connectivity index is 2.36. The van der Waals surface area contributed by atoms with Crippen molar-refractivity contribution in [2.24, 2.45) is 0 Å². The lowest BCUT2D eigenvalue weighted by atomic mass is 10.1. The highest BCUT2D eigenvalue weighted by Gasteiger charge is 2.28. The molecule has 0 aliphatic heterocycles. The van der Waals surface area contributed by atoms with Crippen LogP contribution in [0.2, 0.25) is 0 Å². The van der Waals surface area contributed by atoms with Crippen LogP contribution in [0.1, 0.15) is 29.2 Å². The van der Waals surface area contributed by atoms with Gasteiger partial charge in [0, 0.05) is 6.54 Å². The van der Waals surface area contributed by atoms with Crippen molar-refractivity contribution in [1.82, 2.24) is 10.0 Å². The van der Waals surface area contributed by atoms with Gasteiger partial charge >= 0.3 is 0 Å².